The van der Waals surface area contributed by atoms with Crippen molar-refractivity contribution >= 4 is 32.2 Å². The summed E-state index contributed by atoms with van der Waals surface area (Å²) in [7, 11) is 0.523. The van der Waals surface area contributed by atoms with E-state index in [0.717, 1.165) is 18.9 Å². The third-order valence-electron chi connectivity index (χ3n) is 4.97. The molecule has 0 aromatic carbocycles. The fraction of sp³-hybridized carbons (Fsp3) is 0.850. The van der Waals surface area contributed by atoms with Crippen LogP contribution in [0.25, 0.3) is 0 Å². The van der Waals surface area contributed by atoms with Gasteiger partial charge in [0, 0.05) is 0 Å². The van der Waals surface area contributed by atoms with E-state index in [1.54, 1.807) is 7.11 Å². The van der Waals surface area contributed by atoms with E-state index in [9.17, 15) is 4.79 Å². The van der Waals surface area contributed by atoms with Crippen LogP contribution in [0.5, 0.6) is 0 Å². The molecule has 0 heterocycles. The molecule has 26 heavy (non-hydrogen) atoms. The zero-order valence-corrected chi connectivity index (χ0v) is 22.0. The standard InChI is InChI=1S/C17H31O4Si.3CH3.Sn/c1-7-14(2)15-8-9-17(12-19-3,16(15)18)21-13-20-10-11-22(4,5)6;;;;/h1,7,14-15H,8-13H2,2-6H3;3*1H3;/t14-,15-,17-;;;;/m0..../s1. The number of allylic oxidation sites excluding steroid dienone is 1. The van der Waals surface area contributed by atoms with Crippen LogP contribution in [0.4, 0.5) is 0 Å². The molecular formula is C20H40O4SiSn. The number of methoxy groups -OCH3 is 1. The minimum atomic E-state index is -1.96. The molecule has 4 nitrogen and oxygen atoms in total. The quantitative estimate of drug-likeness (QED) is 0.238. The Bertz CT molecular complexity index is 481. The molecule has 0 saturated heterocycles. The molecule has 0 spiro atoms. The van der Waals surface area contributed by atoms with E-state index in [1.807, 2.05) is 0 Å². The second-order valence-corrected chi connectivity index (χ2v) is 30.1. The second kappa shape index (κ2) is 10.2. The van der Waals surface area contributed by atoms with Gasteiger partial charge in [-0.25, -0.2) is 0 Å². The van der Waals surface area contributed by atoms with Gasteiger partial charge in [-0.15, -0.1) is 0 Å². The van der Waals surface area contributed by atoms with Crippen molar-refractivity contribution in [3.8, 4) is 0 Å². The molecule has 1 rings (SSSR count). The van der Waals surface area contributed by atoms with Gasteiger partial charge >= 0.3 is 147 Å². The molecule has 0 unspecified atom stereocenters. The normalized spacial score (nSPS) is 26.0. The molecule has 0 aromatic heterocycles. The van der Waals surface area contributed by atoms with E-state index in [0.29, 0.717) is 13.2 Å². The number of hydrogen-bond acceptors (Lipinski definition) is 4. The van der Waals surface area contributed by atoms with E-state index in [4.69, 9.17) is 14.2 Å². The molecule has 0 amide bonds. The summed E-state index contributed by atoms with van der Waals surface area (Å²) in [4.78, 5) is 20.3. The molecule has 0 aliphatic heterocycles. The molecule has 0 radical (unpaired) electrons. The average Bonchev–Trinajstić information content (AvgIpc) is 2.80. The fourth-order valence-corrected chi connectivity index (χ4v) is 6.48. The maximum atomic E-state index is 13.1. The Balaban J connectivity index is 2.65. The Morgan fingerprint density at radius 3 is 2.50 bits per heavy atom. The molecule has 0 bridgehead atoms. The SMILES string of the molecule is COC[C@@]1(OCOCC[Si](C)(C)C)CC[C@@H]([C@@H](C)/C=[CH]/[Sn]([CH3])([CH3])[CH3])C1=O. The number of hydrogen-bond donors (Lipinski definition) is 0. The summed E-state index contributed by atoms with van der Waals surface area (Å²) in [6.07, 6.45) is 3.85. The minimum absolute atomic E-state index is 0.0250. The Morgan fingerprint density at radius 2 is 1.96 bits per heavy atom. The van der Waals surface area contributed by atoms with Gasteiger partial charge in [-0.05, 0) is 0 Å². The summed E-state index contributed by atoms with van der Waals surface area (Å²) >= 11 is -1.96. The third-order valence-corrected chi connectivity index (χ3v) is 10.1. The van der Waals surface area contributed by atoms with Crippen LogP contribution in [0.3, 0.4) is 0 Å². The second-order valence-electron chi connectivity index (χ2n) is 10.0. The molecule has 1 saturated carbocycles. The van der Waals surface area contributed by atoms with Gasteiger partial charge in [0.25, 0.3) is 0 Å². The number of Topliss-reactive ketones (excluding diaryl/α,β-unsaturated/α-hetero) is 1. The first-order valence-corrected chi connectivity index (χ1v) is 23.8. The monoisotopic (exact) mass is 492 g/mol. The fourth-order valence-electron chi connectivity index (χ4n) is 3.21. The first-order chi connectivity index (χ1) is 11.9. The molecule has 1 aliphatic carbocycles. The van der Waals surface area contributed by atoms with Gasteiger partial charge in [0.05, 0.1) is 0 Å². The zero-order chi connectivity index (χ0) is 20.0. The molecule has 0 N–H and O–H groups in total. The van der Waals surface area contributed by atoms with Gasteiger partial charge in [0.1, 0.15) is 0 Å². The number of rotatable bonds is 11. The predicted molar refractivity (Wildman–Crippen MR) is 114 cm³/mol. The van der Waals surface area contributed by atoms with Crippen molar-refractivity contribution in [2.45, 2.75) is 65.9 Å². The molecule has 1 fully saturated rings. The predicted octanol–water partition coefficient (Wildman–Crippen LogP) is 4.75. The van der Waals surface area contributed by atoms with Crippen molar-refractivity contribution in [3.63, 3.8) is 0 Å². The summed E-state index contributed by atoms with van der Waals surface area (Å²) in [5.41, 5.74) is -0.828. The summed E-state index contributed by atoms with van der Waals surface area (Å²) in [5, 5.41) is 0. The van der Waals surface area contributed by atoms with Crippen LogP contribution in [0, 0.1) is 11.8 Å². The van der Waals surface area contributed by atoms with Crippen molar-refractivity contribution < 1.29 is 19.0 Å². The van der Waals surface area contributed by atoms with Gasteiger partial charge < -0.3 is 0 Å². The third kappa shape index (κ3) is 8.13. The molecule has 0 aromatic rings. The van der Waals surface area contributed by atoms with E-state index >= 15 is 0 Å². The Labute approximate surface area is 165 Å². The van der Waals surface area contributed by atoms with Gasteiger partial charge in [0.15, 0.2) is 0 Å². The van der Waals surface area contributed by atoms with E-state index in [2.05, 4.69) is 51.6 Å². The molecule has 6 heteroatoms. The molecule has 3 atom stereocenters. The Morgan fingerprint density at radius 1 is 1.31 bits per heavy atom. The van der Waals surface area contributed by atoms with Crippen LogP contribution in [0.15, 0.2) is 10.2 Å². The number of ether oxygens (including phenoxy) is 3. The van der Waals surface area contributed by atoms with Crippen LogP contribution in [-0.2, 0) is 19.0 Å². The van der Waals surface area contributed by atoms with E-state index < -0.39 is 32.1 Å². The summed E-state index contributed by atoms with van der Waals surface area (Å²) in [6.45, 7) is 10.3. The van der Waals surface area contributed by atoms with Crippen LogP contribution in [-0.4, -0.2) is 65.0 Å². The van der Waals surface area contributed by atoms with Gasteiger partial charge in [-0.2, -0.15) is 0 Å². The van der Waals surface area contributed by atoms with Crippen molar-refractivity contribution in [2.75, 3.05) is 27.1 Å². The van der Waals surface area contributed by atoms with Gasteiger partial charge in [-0.3, -0.25) is 0 Å². The zero-order valence-electron chi connectivity index (χ0n) is 18.2. The Kier molecular flexibility index (Phi) is 9.54. The summed E-state index contributed by atoms with van der Waals surface area (Å²) < 4.78 is 19.4. The first kappa shape index (κ1) is 24.3. The average molecular weight is 491 g/mol. The Hall–Kier alpha value is 0.306. The van der Waals surface area contributed by atoms with E-state index in [1.165, 1.54) is 0 Å². The van der Waals surface area contributed by atoms with Crippen LogP contribution in [0.2, 0.25) is 40.5 Å². The molecule has 152 valence electrons. The number of carbonyl (C=O) groups excluding carboxylic acids is 1. The van der Waals surface area contributed by atoms with Crippen LogP contribution < -0.4 is 0 Å². The number of carbonyl (C=O) groups is 1. The van der Waals surface area contributed by atoms with Crippen LogP contribution >= 0.6 is 0 Å². The van der Waals surface area contributed by atoms with E-state index in [-0.39, 0.29) is 24.4 Å². The number of ketones is 1. The van der Waals surface area contributed by atoms with Crippen LogP contribution in [0.1, 0.15) is 19.8 Å². The van der Waals surface area contributed by atoms with Crippen molar-refractivity contribution in [1.82, 2.24) is 0 Å². The van der Waals surface area contributed by atoms with Gasteiger partial charge in [-0.1, -0.05) is 19.6 Å². The summed E-state index contributed by atoms with van der Waals surface area (Å²) in [5.74, 6) is 0.472. The maximum absolute atomic E-state index is 13.1. The molecular weight excluding hydrogens is 451 g/mol. The van der Waals surface area contributed by atoms with Crippen molar-refractivity contribution in [2.24, 2.45) is 11.8 Å². The molecule has 1 aliphatic rings. The first-order valence-electron chi connectivity index (χ1n) is 9.84. The van der Waals surface area contributed by atoms with Gasteiger partial charge in [0.2, 0.25) is 0 Å². The van der Waals surface area contributed by atoms with Crippen molar-refractivity contribution in [3.05, 3.63) is 10.2 Å². The van der Waals surface area contributed by atoms with Crippen molar-refractivity contribution in [1.29, 1.82) is 0 Å². The topological polar surface area (TPSA) is 44.8 Å². The summed E-state index contributed by atoms with van der Waals surface area (Å²) in [6, 6.07) is 1.10.